The fourth-order valence-electron chi connectivity index (χ4n) is 3.60. The van der Waals surface area contributed by atoms with Gasteiger partial charge in [-0.3, -0.25) is 9.59 Å². The topological polar surface area (TPSA) is 76.7 Å². The van der Waals surface area contributed by atoms with Gasteiger partial charge in [-0.15, -0.1) is 0 Å². The molecule has 0 aliphatic heterocycles. The number of benzene rings is 3. The number of nitrogens with one attached hydrogen (secondary N) is 2. The van der Waals surface area contributed by atoms with Crippen molar-refractivity contribution in [1.82, 2.24) is 0 Å². The summed E-state index contributed by atoms with van der Waals surface area (Å²) in [6, 6.07) is 18.7. The van der Waals surface area contributed by atoms with Gasteiger partial charge in [-0.05, 0) is 75.9 Å². The van der Waals surface area contributed by atoms with E-state index in [0.717, 1.165) is 22.3 Å². The third-order valence-electron chi connectivity index (χ3n) is 5.59. The summed E-state index contributed by atoms with van der Waals surface area (Å²) in [7, 11) is 0. The summed E-state index contributed by atoms with van der Waals surface area (Å²) in [5.74, 6) is 0.766. The third kappa shape index (κ3) is 5.95. The maximum atomic E-state index is 12.9. The normalized spacial score (nSPS) is 12.4. The summed E-state index contributed by atoms with van der Waals surface area (Å²) in [6.45, 7) is 11.2. The van der Waals surface area contributed by atoms with Crippen LogP contribution in [0.1, 0.15) is 36.1 Å². The van der Waals surface area contributed by atoms with Crippen molar-refractivity contribution in [3.8, 4) is 11.5 Å². The maximum Gasteiger partial charge on any atom is 0.265 e. The molecule has 0 aromatic heterocycles. The molecule has 3 rings (SSSR count). The average molecular weight is 461 g/mol. The number of carbonyl (C=O) groups excluding carboxylic acids is 2. The quantitative estimate of drug-likeness (QED) is 0.450. The van der Waals surface area contributed by atoms with E-state index < -0.39 is 12.2 Å². The van der Waals surface area contributed by atoms with E-state index in [1.165, 1.54) is 0 Å². The molecule has 3 aromatic carbocycles. The van der Waals surface area contributed by atoms with Crippen LogP contribution in [0.5, 0.6) is 11.5 Å². The first kappa shape index (κ1) is 24.8. The lowest BCUT2D eigenvalue weighted by molar-refractivity contribution is -0.122. The second kappa shape index (κ2) is 10.9. The van der Waals surface area contributed by atoms with Gasteiger partial charge in [-0.1, -0.05) is 48.5 Å². The van der Waals surface area contributed by atoms with E-state index in [1.807, 2.05) is 64.1 Å². The molecule has 6 nitrogen and oxygen atoms in total. The Kier molecular flexibility index (Phi) is 7.95. The number of amides is 2. The lowest BCUT2D eigenvalue weighted by atomic mass is 10.1. The molecule has 0 saturated carbocycles. The number of rotatable bonds is 8. The SMILES string of the molecule is Cc1cccc(C)c1OC(C)C(=O)Nc1ccccc1NC(=O)C(C)Oc1c(C)cccc1C. The molecule has 0 aliphatic rings. The van der Waals surface area contributed by atoms with Crippen molar-refractivity contribution in [2.24, 2.45) is 0 Å². The number of anilines is 2. The van der Waals surface area contributed by atoms with E-state index in [2.05, 4.69) is 10.6 Å². The molecule has 3 aromatic rings. The number of ether oxygens (including phenoxy) is 2. The standard InChI is InChI=1S/C28H32N2O4/c1-17-11-9-12-18(2)25(17)33-21(5)27(31)29-23-15-7-8-16-24(23)30-28(32)22(6)34-26-19(3)13-10-14-20(26)4/h7-16,21-22H,1-6H3,(H,29,31)(H,30,32). The fraction of sp³-hybridized carbons (Fsp3) is 0.286. The molecule has 0 bridgehead atoms. The summed E-state index contributed by atoms with van der Waals surface area (Å²) < 4.78 is 11.9. The molecule has 2 atom stereocenters. The molecule has 2 amide bonds. The van der Waals surface area contributed by atoms with Crippen molar-refractivity contribution in [2.45, 2.75) is 53.8 Å². The number of hydrogen-bond acceptors (Lipinski definition) is 4. The van der Waals surface area contributed by atoms with Gasteiger partial charge in [0.25, 0.3) is 11.8 Å². The third-order valence-corrected chi connectivity index (χ3v) is 5.59. The van der Waals surface area contributed by atoms with Crippen molar-refractivity contribution in [3.63, 3.8) is 0 Å². The van der Waals surface area contributed by atoms with Crippen LogP contribution < -0.4 is 20.1 Å². The number of carbonyl (C=O) groups is 2. The van der Waals surface area contributed by atoms with Crippen molar-refractivity contribution >= 4 is 23.2 Å². The Bertz CT molecular complexity index is 1060. The van der Waals surface area contributed by atoms with E-state index in [9.17, 15) is 9.59 Å². The Morgan fingerprint density at radius 2 is 0.912 bits per heavy atom. The van der Waals surface area contributed by atoms with Crippen LogP contribution in [0.15, 0.2) is 60.7 Å². The molecule has 6 heteroatoms. The Morgan fingerprint density at radius 1 is 0.588 bits per heavy atom. The van der Waals surface area contributed by atoms with Crippen LogP contribution in [-0.2, 0) is 9.59 Å². The predicted octanol–water partition coefficient (Wildman–Crippen LogP) is 5.73. The van der Waals surface area contributed by atoms with Crippen LogP contribution in [-0.4, -0.2) is 24.0 Å². The summed E-state index contributed by atoms with van der Waals surface area (Å²) in [5.41, 5.74) is 4.82. The first-order valence-electron chi connectivity index (χ1n) is 11.3. The predicted molar refractivity (Wildman–Crippen MR) is 136 cm³/mol. The zero-order chi connectivity index (χ0) is 24.8. The van der Waals surface area contributed by atoms with Gasteiger partial charge in [0.1, 0.15) is 11.5 Å². The molecular weight excluding hydrogens is 428 g/mol. The van der Waals surface area contributed by atoms with Gasteiger partial charge in [0, 0.05) is 0 Å². The van der Waals surface area contributed by atoms with Crippen LogP contribution >= 0.6 is 0 Å². The van der Waals surface area contributed by atoms with Gasteiger partial charge in [0.05, 0.1) is 11.4 Å². The molecule has 0 radical (unpaired) electrons. The zero-order valence-electron chi connectivity index (χ0n) is 20.6. The minimum absolute atomic E-state index is 0.316. The molecule has 2 unspecified atom stereocenters. The Hall–Kier alpha value is -3.80. The number of hydrogen-bond donors (Lipinski definition) is 2. The van der Waals surface area contributed by atoms with Crippen LogP contribution in [0, 0.1) is 27.7 Å². The van der Waals surface area contributed by atoms with Gasteiger partial charge < -0.3 is 20.1 Å². The van der Waals surface area contributed by atoms with E-state index in [4.69, 9.17) is 9.47 Å². The number of aryl methyl sites for hydroxylation is 4. The highest BCUT2D eigenvalue weighted by atomic mass is 16.5. The van der Waals surface area contributed by atoms with Gasteiger partial charge in [0.15, 0.2) is 12.2 Å². The average Bonchev–Trinajstić information content (AvgIpc) is 2.79. The molecule has 0 spiro atoms. The van der Waals surface area contributed by atoms with Gasteiger partial charge >= 0.3 is 0 Å². The van der Waals surface area contributed by atoms with E-state index >= 15 is 0 Å². The minimum Gasteiger partial charge on any atom is -0.480 e. The van der Waals surface area contributed by atoms with Crippen molar-refractivity contribution < 1.29 is 19.1 Å². The van der Waals surface area contributed by atoms with E-state index in [1.54, 1.807) is 38.1 Å². The molecule has 0 heterocycles. The molecular formula is C28H32N2O4. The van der Waals surface area contributed by atoms with Gasteiger partial charge in [-0.2, -0.15) is 0 Å². The number of para-hydroxylation sites is 4. The molecule has 2 N–H and O–H groups in total. The van der Waals surface area contributed by atoms with E-state index in [0.29, 0.717) is 22.9 Å². The highest BCUT2D eigenvalue weighted by Crippen LogP contribution is 2.27. The second-order valence-electron chi connectivity index (χ2n) is 8.49. The minimum atomic E-state index is -0.727. The smallest absolute Gasteiger partial charge is 0.265 e. The van der Waals surface area contributed by atoms with E-state index in [-0.39, 0.29) is 11.8 Å². The highest BCUT2D eigenvalue weighted by Gasteiger charge is 2.21. The van der Waals surface area contributed by atoms with Crippen LogP contribution in [0.2, 0.25) is 0 Å². The summed E-state index contributed by atoms with van der Waals surface area (Å²) in [4.78, 5) is 25.7. The summed E-state index contributed by atoms with van der Waals surface area (Å²) in [5, 5.41) is 5.72. The zero-order valence-corrected chi connectivity index (χ0v) is 20.6. The first-order valence-corrected chi connectivity index (χ1v) is 11.3. The van der Waals surface area contributed by atoms with Crippen LogP contribution in [0.3, 0.4) is 0 Å². The lowest BCUT2D eigenvalue weighted by Gasteiger charge is -2.20. The lowest BCUT2D eigenvalue weighted by Crippen LogP contribution is -2.32. The fourth-order valence-corrected chi connectivity index (χ4v) is 3.60. The van der Waals surface area contributed by atoms with Crippen molar-refractivity contribution in [2.75, 3.05) is 10.6 Å². The molecule has 0 aliphatic carbocycles. The summed E-state index contributed by atoms with van der Waals surface area (Å²) in [6.07, 6.45) is -1.45. The molecule has 0 saturated heterocycles. The van der Waals surface area contributed by atoms with Crippen molar-refractivity contribution in [1.29, 1.82) is 0 Å². The highest BCUT2D eigenvalue weighted by molar-refractivity contribution is 6.02. The van der Waals surface area contributed by atoms with Gasteiger partial charge in [-0.25, -0.2) is 0 Å². The molecule has 34 heavy (non-hydrogen) atoms. The van der Waals surface area contributed by atoms with Crippen LogP contribution in [0.25, 0.3) is 0 Å². The van der Waals surface area contributed by atoms with Gasteiger partial charge in [0.2, 0.25) is 0 Å². The summed E-state index contributed by atoms with van der Waals surface area (Å²) >= 11 is 0. The monoisotopic (exact) mass is 460 g/mol. The molecule has 178 valence electrons. The maximum absolute atomic E-state index is 12.9. The Balaban J connectivity index is 1.68. The molecule has 0 fully saturated rings. The van der Waals surface area contributed by atoms with Crippen molar-refractivity contribution in [3.05, 3.63) is 82.9 Å². The Morgan fingerprint density at radius 3 is 1.24 bits per heavy atom. The largest absolute Gasteiger partial charge is 0.480 e. The van der Waals surface area contributed by atoms with Crippen LogP contribution in [0.4, 0.5) is 11.4 Å². The Labute approximate surface area is 201 Å². The first-order chi connectivity index (χ1) is 16.2. The second-order valence-corrected chi connectivity index (χ2v) is 8.49.